The van der Waals surface area contributed by atoms with Crippen LogP contribution in [0.25, 0.3) is 0 Å². The van der Waals surface area contributed by atoms with Crippen LogP contribution in [0.2, 0.25) is 0 Å². The lowest BCUT2D eigenvalue weighted by Gasteiger charge is -2.32. The first-order valence-corrected chi connectivity index (χ1v) is 3.79. The summed E-state index contributed by atoms with van der Waals surface area (Å²) in [5.41, 5.74) is 3.09. The van der Waals surface area contributed by atoms with Gasteiger partial charge in [0.2, 0.25) is 0 Å². The fourth-order valence-electron chi connectivity index (χ4n) is 1.24. The molecule has 2 atom stereocenters. The Hall–Kier alpha value is -0.290. The van der Waals surface area contributed by atoms with E-state index in [1.54, 1.807) is 0 Å². The van der Waals surface area contributed by atoms with Gasteiger partial charge >= 0.3 is 6.18 Å². The van der Waals surface area contributed by atoms with Crippen LogP contribution in [0, 0.1) is 5.92 Å². The molecule has 72 valence electrons. The van der Waals surface area contributed by atoms with E-state index in [-0.39, 0.29) is 6.61 Å². The molecule has 2 nitrogen and oxygen atoms in total. The van der Waals surface area contributed by atoms with Gasteiger partial charge in [-0.25, -0.2) is 0 Å². The van der Waals surface area contributed by atoms with E-state index in [4.69, 9.17) is 10.5 Å². The minimum absolute atomic E-state index is 0.118. The van der Waals surface area contributed by atoms with E-state index in [2.05, 4.69) is 0 Å². The third-order valence-corrected chi connectivity index (χ3v) is 2.39. The summed E-state index contributed by atoms with van der Waals surface area (Å²) in [6, 6.07) is 0. The molecule has 0 aliphatic carbocycles. The molecular weight excluding hydrogens is 171 g/mol. The average Bonchev–Trinajstić information content (AvgIpc) is 2.34. The number of rotatable bonds is 1. The molecule has 2 N–H and O–H groups in total. The van der Waals surface area contributed by atoms with Crippen LogP contribution < -0.4 is 5.73 Å². The lowest BCUT2D eigenvalue weighted by Crippen LogP contribution is -2.56. The molecule has 0 bridgehead atoms. The smallest absolute Gasteiger partial charge is 0.381 e. The Balaban J connectivity index is 2.69. The van der Waals surface area contributed by atoms with Crippen molar-refractivity contribution in [3.63, 3.8) is 0 Å². The van der Waals surface area contributed by atoms with Gasteiger partial charge in [0, 0.05) is 12.5 Å². The maximum atomic E-state index is 12.3. The topological polar surface area (TPSA) is 35.2 Å². The molecule has 1 heterocycles. The molecule has 1 aliphatic heterocycles. The van der Waals surface area contributed by atoms with Crippen LogP contribution in [0.1, 0.15) is 13.3 Å². The number of hydrogen-bond acceptors (Lipinski definition) is 2. The Morgan fingerprint density at radius 1 is 1.42 bits per heavy atom. The van der Waals surface area contributed by atoms with Gasteiger partial charge in [0.25, 0.3) is 0 Å². The molecule has 5 heteroatoms. The van der Waals surface area contributed by atoms with E-state index in [9.17, 15) is 13.2 Å². The summed E-state index contributed by atoms with van der Waals surface area (Å²) >= 11 is 0. The van der Waals surface area contributed by atoms with E-state index in [1.807, 2.05) is 0 Å². The summed E-state index contributed by atoms with van der Waals surface area (Å²) in [4.78, 5) is 0. The van der Waals surface area contributed by atoms with E-state index >= 15 is 0 Å². The maximum absolute atomic E-state index is 12.3. The van der Waals surface area contributed by atoms with Crippen LogP contribution in [0.4, 0.5) is 13.2 Å². The highest BCUT2D eigenvalue weighted by Crippen LogP contribution is 2.37. The molecule has 0 aromatic carbocycles. The summed E-state index contributed by atoms with van der Waals surface area (Å²) in [5, 5.41) is 0. The number of hydrogen-bond donors (Lipinski definition) is 1. The molecule has 0 radical (unpaired) electrons. The number of ether oxygens (including phenoxy) is 1. The van der Waals surface area contributed by atoms with Gasteiger partial charge in [-0.05, 0) is 13.3 Å². The van der Waals surface area contributed by atoms with Crippen LogP contribution >= 0.6 is 0 Å². The Morgan fingerprint density at radius 3 is 2.33 bits per heavy atom. The van der Waals surface area contributed by atoms with Crippen molar-refractivity contribution in [3.8, 4) is 0 Å². The van der Waals surface area contributed by atoms with E-state index in [1.165, 1.54) is 0 Å². The Morgan fingerprint density at radius 2 is 2.00 bits per heavy atom. The molecule has 0 aromatic heterocycles. The lowest BCUT2D eigenvalue weighted by atomic mass is 9.85. The zero-order chi connectivity index (χ0) is 9.41. The molecule has 0 aromatic rings. The van der Waals surface area contributed by atoms with E-state index < -0.39 is 17.6 Å². The minimum Gasteiger partial charge on any atom is -0.381 e. The lowest BCUT2D eigenvalue weighted by molar-refractivity contribution is -0.195. The predicted octanol–water partition coefficient (Wildman–Crippen LogP) is 1.30. The summed E-state index contributed by atoms with van der Waals surface area (Å²) < 4.78 is 41.8. The standard InChI is InChI=1S/C7H12F3NO/c1-6(11,7(8,9)10)5-2-3-12-4-5/h5H,2-4,11H2,1H3. The van der Waals surface area contributed by atoms with Gasteiger partial charge in [-0.1, -0.05) is 0 Å². The summed E-state index contributed by atoms with van der Waals surface area (Å²) in [6.07, 6.45) is -3.95. The Bertz CT molecular complexity index is 161. The van der Waals surface area contributed by atoms with Gasteiger partial charge in [0.15, 0.2) is 0 Å². The SMILES string of the molecule is CC(N)(C1CCOC1)C(F)(F)F. The Labute approximate surface area is 68.9 Å². The van der Waals surface area contributed by atoms with Crippen molar-refractivity contribution in [1.82, 2.24) is 0 Å². The second-order valence-corrected chi connectivity index (χ2v) is 3.34. The van der Waals surface area contributed by atoms with Gasteiger partial charge in [-0.3, -0.25) is 0 Å². The third kappa shape index (κ3) is 1.56. The van der Waals surface area contributed by atoms with E-state index in [0.717, 1.165) is 6.92 Å². The van der Waals surface area contributed by atoms with Crippen molar-refractivity contribution in [2.75, 3.05) is 13.2 Å². The average molecular weight is 183 g/mol. The molecule has 2 unspecified atom stereocenters. The van der Waals surface area contributed by atoms with Crippen molar-refractivity contribution in [2.24, 2.45) is 11.7 Å². The van der Waals surface area contributed by atoms with Crippen molar-refractivity contribution < 1.29 is 17.9 Å². The monoisotopic (exact) mass is 183 g/mol. The van der Waals surface area contributed by atoms with Crippen molar-refractivity contribution in [2.45, 2.75) is 25.1 Å². The normalized spacial score (nSPS) is 30.2. The predicted molar refractivity (Wildman–Crippen MR) is 37.6 cm³/mol. The molecule has 1 aliphatic rings. The first-order valence-electron chi connectivity index (χ1n) is 3.79. The fourth-order valence-corrected chi connectivity index (χ4v) is 1.24. The fraction of sp³-hybridized carbons (Fsp3) is 1.00. The van der Waals surface area contributed by atoms with Gasteiger partial charge in [-0.2, -0.15) is 13.2 Å². The van der Waals surface area contributed by atoms with Crippen molar-refractivity contribution >= 4 is 0 Å². The van der Waals surface area contributed by atoms with Crippen LogP contribution in [0.5, 0.6) is 0 Å². The van der Waals surface area contributed by atoms with Crippen LogP contribution in [0.3, 0.4) is 0 Å². The summed E-state index contributed by atoms with van der Waals surface area (Å²) in [5.74, 6) is -0.600. The van der Waals surface area contributed by atoms with Crippen molar-refractivity contribution in [1.29, 1.82) is 0 Å². The number of nitrogens with two attached hydrogens (primary N) is 1. The number of alkyl halides is 3. The van der Waals surface area contributed by atoms with Gasteiger partial charge in [-0.15, -0.1) is 0 Å². The molecule has 0 spiro atoms. The highest BCUT2D eigenvalue weighted by atomic mass is 19.4. The molecule has 1 fully saturated rings. The second kappa shape index (κ2) is 2.88. The van der Waals surface area contributed by atoms with Crippen LogP contribution in [-0.4, -0.2) is 24.9 Å². The summed E-state index contributed by atoms with van der Waals surface area (Å²) in [7, 11) is 0. The maximum Gasteiger partial charge on any atom is 0.406 e. The second-order valence-electron chi connectivity index (χ2n) is 3.34. The molecule has 12 heavy (non-hydrogen) atoms. The highest BCUT2D eigenvalue weighted by Gasteiger charge is 2.53. The van der Waals surface area contributed by atoms with Gasteiger partial charge in [0.1, 0.15) is 5.54 Å². The third-order valence-electron chi connectivity index (χ3n) is 2.39. The first-order chi connectivity index (χ1) is 5.36. The quantitative estimate of drug-likeness (QED) is 0.665. The summed E-state index contributed by atoms with van der Waals surface area (Å²) in [6.45, 7) is 1.52. The molecule has 0 saturated carbocycles. The molecule has 0 amide bonds. The zero-order valence-electron chi connectivity index (χ0n) is 6.82. The van der Waals surface area contributed by atoms with E-state index in [0.29, 0.717) is 13.0 Å². The largest absolute Gasteiger partial charge is 0.406 e. The first kappa shape index (κ1) is 9.80. The van der Waals surface area contributed by atoms with Gasteiger partial charge in [0.05, 0.1) is 6.61 Å². The zero-order valence-corrected chi connectivity index (χ0v) is 6.82. The van der Waals surface area contributed by atoms with Crippen molar-refractivity contribution in [3.05, 3.63) is 0 Å². The Kier molecular flexibility index (Phi) is 2.35. The van der Waals surface area contributed by atoms with Crippen LogP contribution in [0.15, 0.2) is 0 Å². The van der Waals surface area contributed by atoms with Crippen LogP contribution in [-0.2, 0) is 4.74 Å². The molecule has 1 saturated heterocycles. The number of halogens is 3. The van der Waals surface area contributed by atoms with Gasteiger partial charge < -0.3 is 10.5 Å². The minimum atomic E-state index is -4.34. The highest BCUT2D eigenvalue weighted by molar-refractivity contribution is 4.95. The molecular formula is C7H12F3NO. The molecule has 1 rings (SSSR count).